The first-order valence-corrected chi connectivity index (χ1v) is 8.68. The second-order valence-corrected chi connectivity index (χ2v) is 6.49. The first-order valence-electron chi connectivity index (χ1n) is 7.46. The molecule has 5 heteroatoms. The fourth-order valence-corrected chi connectivity index (χ4v) is 3.82. The number of imide groups is 1. The van der Waals surface area contributed by atoms with E-state index in [1.165, 1.54) is 4.90 Å². The summed E-state index contributed by atoms with van der Waals surface area (Å²) in [5, 5.41) is 3.26. The topological polar surface area (TPSA) is 49.4 Å². The predicted octanol–water partition coefficient (Wildman–Crippen LogP) is 2.89. The van der Waals surface area contributed by atoms with Crippen LogP contribution >= 0.6 is 11.8 Å². The predicted molar refractivity (Wildman–Crippen MR) is 84.4 cm³/mol. The average Bonchev–Trinajstić information content (AvgIpc) is 3.09. The van der Waals surface area contributed by atoms with E-state index in [-0.39, 0.29) is 24.3 Å². The van der Waals surface area contributed by atoms with Crippen molar-refractivity contribution in [3.63, 3.8) is 0 Å². The van der Waals surface area contributed by atoms with Crippen LogP contribution in [-0.4, -0.2) is 35.1 Å². The van der Waals surface area contributed by atoms with E-state index in [0.29, 0.717) is 0 Å². The summed E-state index contributed by atoms with van der Waals surface area (Å²) in [7, 11) is 0. The second-order valence-electron chi connectivity index (χ2n) is 5.64. The summed E-state index contributed by atoms with van der Waals surface area (Å²) >= 11 is 1.63. The molecule has 0 bridgehead atoms. The highest BCUT2D eigenvalue weighted by Gasteiger charge is 2.43. The van der Waals surface area contributed by atoms with Crippen LogP contribution in [0.5, 0.6) is 0 Å². The summed E-state index contributed by atoms with van der Waals surface area (Å²) in [5.74, 6) is -0.0751. The van der Waals surface area contributed by atoms with Gasteiger partial charge in [0.05, 0.1) is 6.42 Å². The fourth-order valence-electron chi connectivity index (χ4n) is 3.26. The van der Waals surface area contributed by atoms with Gasteiger partial charge < -0.3 is 5.32 Å². The largest absolute Gasteiger partial charge is 0.372 e. The molecule has 112 valence electrons. The van der Waals surface area contributed by atoms with Crippen LogP contribution in [0.25, 0.3) is 0 Å². The molecule has 1 aliphatic heterocycles. The van der Waals surface area contributed by atoms with Crippen molar-refractivity contribution in [2.45, 2.75) is 49.1 Å². The van der Waals surface area contributed by atoms with Crippen LogP contribution in [0, 0.1) is 0 Å². The molecule has 1 N–H and O–H groups in total. The van der Waals surface area contributed by atoms with Gasteiger partial charge in [-0.3, -0.25) is 14.5 Å². The zero-order chi connectivity index (χ0) is 14.8. The Hall–Kier alpha value is -1.49. The van der Waals surface area contributed by atoms with Crippen molar-refractivity contribution in [3.8, 4) is 0 Å². The lowest BCUT2D eigenvalue weighted by molar-refractivity contribution is -0.141. The van der Waals surface area contributed by atoms with Gasteiger partial charge in [-0.1, -0.05) is 25.0 Å². The lowest BCUT2D eigenvalue weighted by atomic mass is 10.2. The zero-order valence-electron chi connectivity index (χ0n) is 12.2. The van der Waals surface area contributed by atoms with Crippen molar-refractivity contribution in [2.24, 2.45) is 0 Å². The van der Waals surface area contributed by atoms with Crippen LogP contribution in [-0.2, 0) is 9.59 Å². The number of hydrogen-bond donors (Lipinski definition) is 1. The van der Waals surface area contributed by atoms with Gasteiger partial charge in [-0.05, 0) is 31.2 Å². The molecular formula is C16H20N2O2S. The molecule has 0 spiro atoms. The SMILES string of the molecule is CSc1ccccc1NC1CC(=O)N(C2CCCC2)C1=O. The molecule has 0 radical (unpaired) electrons. The molecule has 2 amide bonds. The van der Waals surface area contributed by atoms with Gasteiger partial charge in [-0.15, -0.1) is 11.8 Å². The summed E-state index contributed by atoms with van der Waals surface area (Å²) in [4.78, 5) is 27.3. The molecule has 1 aromatic rings. The second kappa shape index (κ2) is 6.10. The minimum absolute atomic E-state index is 0.0222. The number of anilines is 1. The third kappa shape index (κ3) is 2.79. The molecule has 4 nitrogen and oxygen atoms in total. The first kappa shape index (κ1) is 14.4. The Morgan fingerprint density at radius 1 is 1.19 bits per heavy atom. The summed E-state index contributed by atoms with van der Waals surface area (Å²) in [6.07, 6.45) is 6.45. The standard InChI is InChI=1S/C16H20N2O2S/c1-21-14-9-5-4-8-12(14)17-13-10-15(19)18(16(13)20)11-6-2-3-7-11/h4-5,8-9,11,13,17H,2-3,6-7,10H2,1H3. The van der Waals surface area contributed by atoms with Crippen LogP contribution in [0.3, 0.4) is 0 Å². The smallest absolute Gasteiger partial charge is 0.252 e. The van der Waals surface area contributed by atoms with Crippen molar-refractivity contribution in [1.29, 1.82) is 0 Å². The number of nitrogens with zero attached hydrogens (tertiary/aromatic N) is 1. The minimum atomic E-state index is -0.411. The van der Waals surface area contributed by atoms with Crippen LogP contribution in [0.15, 0.2) is 29.2 Å². The third-order valence-electron chi connectivity index (χ3n) is 4.31. The van der Waals surface area contributed by atoms with Gasteiger partial charge in [-0.2, -0.15) is 0 Å². The Balaban J connectivity index is 1.75. The highest BCUT2D eigenvalue weighted by molar-refractivity contribution is 7.98. The maximum atomic E-state index is 12.5. The highest BCUT2D eigenvalue weighted by Crippen LogP contribution is 2.31. The third-order valence-corrected chi connectivity index (χ3v) is 5.11. The van der Waals surface area contributed by atoms with E-state index < -0.39 is 6.04 Å². The van der Waals surface area contributed by atoms with Gasteiger partial charge in [0.15, 0.2) is 0 Å². The maximum absolute atomic E-state index is 12.5. The Kier molecular flexibility index (Phi) is 4.19. The normalized spacial score (nSPS) is 23.1. The van der Waals surface area contributed by atoms with Crippen molar-refractivity contribution in [3.05, 3.63) is 24.3 Å². The molecule has 1 heterocycles. The number of carbonyl (C=O) groups excluding carboxylic acids is 2. The van der Waals surface area contributed by atoms with Gasteiger partial charge in [0, 0.05) is 16.6 Å². The quantitative estimate of drug-likeness (QED) is 0.686. The fraction of sp³-hybridized carbons (Fsp3) is 0.500. The van der Waals surface area contributed by atoms with E-state index in [9.17, 15) is 9.59 Å². The number of rotatable bonds is 4. The Bertz CT molecular complexity index is 555. The van der Waals surface area contributed by atoms with Crippen LogP contribution in [0.4, 0.5) is 5.69 Å². The molecule has 3 rings (SSSR count). The van der Waals surface area contributed by atoms with E-state index in [1.54, 1.807) is 11.8 Å². The molecule has 1 saturated heterocycles. The number of para-hydroxylation sites is 1. The monoisotopic (exact) mass is 304 g/mol. The summed E-state index contributed by atoms with van der Waals surface area (Å²) in [6, 6.07) is 7.62. The van der Waals surface area contributed by atoms with E-state index in [0.717, 1.165) is 36.3 Å². The first-order chi connectivity index (χ1) is 10.2. The summed E-state index contributed by atoms with van der Waals surface area (Å²) < 4.78 is 0. The molecule has 2 fully saturated rings. The van der Waals surface area contributed by atoms with Gasteiger partial charge >= 0.3 is 0 Å². The molecule has 21 heavy (non-hydrogen) atoms. The number of amides is 2. The average molecular weight is 304 g/mol. The Morgan fingerprint density at radius 3 is 2.62 bits per heavy atom. The van der Waals surface area contributed by atoms with E-state index in [1.807, 2.05) is 30.5 Å². The number of hydrogen-bond acceptors (Lipinski definition) is 4. The molecule has 1 atom stereocenters. The van der Waals surface area contributed by atoms with Crippen LogP contribution in [0.1, 0.15) is 32.1 Å². The van der Waals surface area contributed by atoms with Crippen LogP contribution < -0.4 is 5.32 Å². The van der Waals surface area contributed by atoms with Gasteiger partial charge in [-0.25, -0.2) is 0 Å². The van der Waals surface area contributed by atoms with Crippen molar-refractivity contribution < 1.29 is 9.59 Å². The van der Waals surface area contributed by atoms with E-state index in [2.05, 4.69) is 5.32 Å². The molecule has 1 unspecified atom stereocenters. The summed E-state index contributed by atoms with van der Waals surface area (Å²) in [5.41, 5.74) is 0.935. The number of benzene rings is 1. The van der Waals surface area contributed by atoms with Gasteiger partial charge in [0.1, 0.15) is 6.04 Å². The maximum Gasteiger partial charge on any atom is 0.252 e. The molecule has 1 aromatic carbocycles. The lowest BCUT2D eigenvalue weighted by Crippen LogP contribution is -2.41. The number of thioether (sulfide) groups is 1. The van der Waals surface area contributed by atoms with Crippen molar-refractivity contribution >= 4 is 29.3 Å². The summed E-state index contributed by atoms with van der Waals surface area (Å²) in [6.45, 7) is 0. The number of carbonyl (C=O) groups is 2. The number of nitrogens with one attached hydrogen (secondary N) is 1. The number of likely N-dealkylation sites (tertiary alicyclic amines) is 1. The zero-order valence-corrected chi connectivity index (χ0v) is 13.0. The van der Waals surface area contributed by atoms with Crippen LogP contribution in [0.2, 0.25) is 0 Å². The molecular weight excluding hydrogens is 284 g/mol. The molecule has 0 aromatic heterocycles. The Morgan fingerprint density at radius 2 is 1.90 bits per heavy atom. The Labute approximate surface area is 129 Å². The van der Waals surface area contributed by atoms with Crippen molar-refractivity contribution in [1.82, 2.24) is 4.90 Å². The van der Waals surface area contributed by atoms with Crippen molar-refractivity contribution in [2.75, 3.05) is 11.6 Å². The highest BCUT2D eigenvalue weighted by atomic mass is 32.2. The molecule has 1 saturated carbocycles. The molecule has 2 aliphatic rings. The molecule has 1 aliphatic carbocycles. The van der Waals surface area contributed by atoms with E-state index in [4.69, 9.17) is 0 Å². The lowest BCUT2D eigenvalue weighted by Gasteiger charge is -2.22. The van der Waals surface area contributed by atoms with E-state index >= 15 is 0 Å². The van der Waals surface area contributed by atoms with Gasteiger partial charge in [0.25, 0.3) is 5.91 Å². The minimum Gasteiger partial charge on any atom is -0.372 e. The van der Waals surface area contributed by atoms with Gasteiger partial charge in [0.2, 0.25) is 5.91 Å².